The minimum atomic E-state index is -0.0582. The second kappa shape index (κ2) is 5.72. The van der Waals surface area contributed by atoms with Crippen molar-refractivity contribution in [2.24, 2.45) is 5.73 Å². The van der Waals surface area contributed by atoms with Crippen molar-refractivity contribution < 1.29 is 4.79 Å². The molecule has 0 bridgehead atoms. The van der Waals surface area contributed by atoms with Crippen LogP contribution in [0, 0.1) is 6.92 Å². The van der Waals surface area contributed by atoms with Gasteiger partial charge in [-0.05, 0) is 43.5 Å². The van der Waals surface area contributed by atoms with Crippen molar-refractivity contribution in [1.82, 2.24) is 5.32 Å². The van der Waals surface area contributed by atoms with Gasteiger partial charge in [-0.25, -0.2) is 0 Å². The average molecular weight is 267 g/mol. The number of rotatable bonds is 2. The molecule has 1 amide bonds. The normalized spacial score (nSPS) is 23.7. The maximum atomic E-state index is 12.1. The Morgan fingerprint density at radius 2 is 2.11 bits per heavy atom. The van der Waals surface area contributed by atoms with Crippen LogP contribution in [0.1, 0.15) is 41.6 Å². The topological polar surface area (TPSA) is 55.1 Å². The summed E-state index contributed by atoms with van der Waals surface area (Å²) >= 11 is 5.95. The third-order valence-corrected chi connectivity index (χ3v) is 3.98. The summed E-state index contributed by atoms with van der Waals surface area (Å²) < 4.78 is 0. The number of benzene rings is 1. The highest BCUT2D eigenvalue weighted by atomic mass is 35.5. The molecule has 1 aromatic carbocycles. The Kier molecular flexibility index (Phi) is 4.25. The number of carbonyl (C=O) groups is 1. The Labute approximate surface area is 113 Å². The fourth-order valence-corrected chi connectivity index (χ4v) is 2.49. The van der Waals surface area contributed by atoms with Gasteiger partial charge >= 0.3 is 0 Å². The van der Waals surface area contributed by atoms with Crippen LogP contribution in [-0.2, 0) is 0 Å². The van der Waals surface area contributed by atoms with E-state index in [0.717, 1.165) is 31.2 Å². The summed E-state index contributed by atoms with van der Waals surface area (Å²) in [5, 5.41) is 3.71. The van der Waals surface area contributed by atoms with Crippen LogP contribution >= 0.6 is 11.6 Å². The van der Waals surface area contributed by atoms with Crippen LogP contribution < -0.4 is 11.1 Å². The third-order valence-electron chi connectivity index (χ3n) is 3.56. The summed E-state index contributed by atoms with van der Waals surface area (Å²) in [5.74, 6) is -0.0582. The molecule has 2 rings (SSSR count). The molecule has 18 heavy (non-hydrogen) atoms. The first-order valence-electron chi connectivity index (χ1n) is 6.40. The van der Waals surface area contributed by atoms with E-state index in [1.165, 1.54) is 0 Å². The van der Waals surface area contributed by atoms with Gasteiger partial charge in [0.15, 0.2) is 0 Å². The van der Waals surface area contributed by atoms with Crippen molar-refractivity contribution >= 4 is 17.5 Å². The first-order valence-corrected chi connectivity index (χ1v) is 6.78. The molecule has 1 aromatic rings. The number of hydrogen-bond acceptors (Lipinski definition) is 2. The molecule has 0 saturated heterocycles. The van der Waals surface area contributed by atoms with Gasteiger partial charge in [-0.2, -0.15) is 0 Å². The molecule has 0 aromatic heterocycles. The molecule has 2 atom stereocenters. The molecular formula is C14H19ClN2O. The molecule has 1 fully saturated rings. The van der Waals surface area contributed by atoms with Gasteiger partial charge in [0.05, 0.1) is 0 Å². The smallest absolute Gasteiger partial charge is 0.251 e. The molecule has 0 spiro atoms. The molecule has 0 radical (unpaired) electrons. The summed E-state index contributed by atoms with van der Waals surface area (Å²) in [6, 6.07) is 5.50. The van der Waals surface area contributed by atoms with Gasteiger partial charge in [-0.15, -0.1) is 0 Å². The first kappa shape index (κ1) is 13.4. The largest absolute Gasteiger partial charge is 0.348 e. The fourth-order valence-electron chi connectivity index (χ4n) is 2.38. The van der Waals surface area contributed by atoms with Crippen molar-refractivity contribution in [3.63, 3.8) is 0 Å². The predicted octanol–water partition coefficient (Wildman–Crippen LogP) is 2.65. The summed E-state index contributed by atoms with van der Waals surface area (Å²) in [6.07, 6.45) is 4.26. The van der Waals surface area contributed by atoms with Gasteiger partial charge in [0.25, 0.3) is 5.91 Å². The second-order valence-corrected chi connectivity index (χ2v) is 5.40. The Bertz CT molecular complexity index is 447. The molecule has 1 aliphatic carbocycles. The minimum Gasteiger partial charge on any atom is -0.348 e. The van der Waals surface area contributed by atoms with Gasteiger partial charge in [0.1, 0.15) is 0 Å². The van der Waals surface area contributed by atoms with Crippen molar-refractivity contribution in [2.45, 2.75) is 44.7 Å². The second-order valence-electron chi connectivity index (χ2n) is 4.99. The van der Waals surface area contributed by atoms with Gasteiger partial charge in [0.2, 0.25) is 0 Å². The maximum absolute atomic E-state index is 12.1. The Morgan fingerprint density at radius 3 is 2.78 bits per heavy atom. The molecular weight excluding hydrogens is 248 g/mol. The highest BCUT2D eigenvalue weighted by molar-refractivity contribution is 6.31. The van der Waals surface area contributed by atoms with Gasteiger partial charge in [0, 0.05) is 22.7 Å². The fraction of sp³-hybridized carbons (Fsp3) is 0.500. The van der Waals surface area contributed by atoms with E-state index in [1.54, 1.807) is 12.1 Å². The molecule has 4 heteroatoms. The highest BCUT2D eigenvalue weighted by Crippen LogP contribution is 2.19. The lowest BCUT2D eigenvalue weighted by atomic mass is 9.91. The first-order chi connectivity index (χ1) is 8.58. The summed E-state index contributed by atoms with van der Waals surface area (Å²) in [4.78, 5) is 12.1. The Morgan fingerprint density at radius 1 is 1.39 bits per heavy atom. The quantitative estimate of drug-likeness (QED) is 0.865. The van der Waals surface area contributed by atoms with Crippen molar-refractivity contribution in [3.8, 4) is 0 Å². The molecule has 3 N–H and O–H groups in total. The van der Waals surface area contributed by atoms with Gasteiger partial charge in [-0.3, -0.25) is 4.79 Å². The summed E-state index contributed by atoms with van der Waals surface area (Å²) in [7, 11) is 0. The van der Waals surface area contributed by atoms with Crippen LogP contribution in [0.3, 0.4) is 0 Å². The SMILES string of the molecule is Cc1cc(C(=O)NC2CCCCC2N)ccc1Cl. The number of nitrogens with one attached hydrogen (secondary N) is 1. The van der Waals surface area contributed by atoms with E-state index in [-0.39, 0.29) is 18.0 Å². The molecule has 1 saturated carbocycles. The van der Waals surface area contributed by atoms with Crippen LogP contribution in [0.15, 0.2) is 18.2 Å². The van der Waals surface area contributed by atoms with Crippen molar-refractivity contribution in [3.05, 3.63) is 34.3 Å². The molecule has 3 nitrogen and oxygen atoms in total. The van der Waals surface area contributed by atoms with Crippen LogP contribution in [-0.4, -0.2) is 18.0 Å². The lowest BCUT2D eigenvalue weighted by molar-refractivity contribution is 0.0921. The molecule has 2 unspecified atom stereocenters. The van der Waals surface area contributed by atoms with E-state index in [1.807, 2.05) is 13.0 Å². The molecule has 98 valence electrons. The van der Waals surface area contributed by atoms with Crippen molar-refractivity contribution in [1.29, 1.82) is 0 Å². The van der Waals surface area contributed by atoms with E-state index >= 15 is 0 Å². The lowest BCUT2D eigenvalue weighted by Crippen LogP contribution is -2.49. The molecule has 1 aliphatic rings. The number of aryl methyl sites for hydroxylation is 1. The number of nitrogens with two attached hydrogens (primary N) is 1. The van der Waals surface area contributed by atoms with E-state index in [4.69, 9.17) is 17.3 Å². The summed E-state index contributed by atoms with van der Waals surface area (Å²) in [6.45, 7) is 1.89. The van der Waals surface area contributed by atoms with E-state index in [9.17, 15) is 4.79 Å². The number of hydrogen-bond donors (Lipinski definition) is 2. The van der Waals surface area contributed by atoms with Crippen LogP contribution in [0.4, 0.5) is 0 Å². The standard InChI is InChI=1S/C14H19ClN2O/c1-9-8-10(6-7-11(9)15)14(18)17-13-5-3-2-4-12(13)16/h6-8,12-13H,2-5,16H2,1H3,(H,17,18). The summed E-state index contributed by atoms with van der Waals surface area (Å²) in [5.41, 5.74) is 7.59. The van der Waals surface area contributed by atoms with Gasteiger partial charge in [-0.1, -0.05) is 24.4 Å². The van der Waals surface area contributed by atoms with Crippen molar-refractivity contribution in [2.75, 3.05) is 0 Å². The van der Waals surface area contributed by atoms with E-state index in [2.05, 4.69) is 5.32 Å². The third kappa shape index (κ3) is 3.03. The number of halogens is 1. The van der Waals surface area contributed by atoms with E-state index < -0.39 is 0 Å². The Balaban J connectivity index is 2.04. The lowest BCUT2D eigenvalue weighted by Gasteiger charge is -2.29. The molecule has 0 aliphatic heterocycles. The number of amides is 1. The molecule has 0 heterocycles. The minimum absolute atomic E-state index is 0.0582. The highest BCUT2D eigenvalue weighted by Gasteiger charge is 2.23. The average Bonchev–Trinajstić information content (AvgIpc) is 2.35. The monoisotopic (exact) mass is 266 g/mol. The van der Waals surface area contributed by atoms with Crippen LogP contribution in [0.2, 0.25) is 5.02 Å². The zero-order valence-corrected chi connectivity index (χ0v) is 11.3. The number of carbonyl (C=O) groups excluding carboxylic acids is 1. The van der Waals surface area contributed by atoms with Crippen LogP contribution in [0.5, 0.6) is 0 Å². The zero-order chi connectivity index (χ0) is 13.1. The van der Waals surface area contributed by atoms with Crippen LogP contribution in [0.25, 0.3) is 0 Å². The van der Waals surface area contributed by atoms with E-state index in [0.29, 0.717) is 10.6 Å². The zero-order valence-electron chi connectivity index (χ0n) is 10.6. The predicted molar refractivity (Wildman–Crippen MR) is 73.9 cm³/mol. The Hall–Kier alpha value is -1.06. The van der Waals surface area contributed by atoms with Gasteiger partial charge < -0.3 is 11.1 Å². The maximum Gasteiger partial charge on any atom is 0.251 e.